The minimum absolute atomic E-state index is 0.0178. The van der Waals surface area contributed by atoms with Crippen LogP contribution in [-0.2, 0) is 31.9 Å². The third-order valence-electron chi connectivity index (χ3n) is 7.21. The van der Waals surface area contributed by atoms with Gasteiger partial charge in [0.15, 0.2) is 0 Å². The van der Waals surface area contributed by atoms with Gasteiger partial charge in [-0.3, -0.25) is 14.5 Å². The number of hydrogen-bond acceptors (Lipinski definition) is 6. The van der Waals surface area contributed by atoms with Crippen molar-refractivity contribution in [3.63, 3.8) is 0 Å². The molecule has 0 saturated heterocycles. The number of anilines is 3. The summed E-state index contributed by atoms with van der Waals surface area (Å²) in [5.74, 6) is -0.436. The predicted octanol–water partition coefficient (Wildman–Crippen LogP) is 4.92. The lowest BCUT2D eigenvalue weighted by molar-refractivity contribution is -0.146. The highest BCUT2D eigenvalue weighted by Gasteiger charge is 2.33. The minimum Gasteiger partial charge on any atom is -0.469 e. The van der Waals surface area contributed by atoms with E-state index in [0.29, 0.717) is 12.1 Å². The number of carbonyl (C=O) groups excluding carboxylic acids is 3. The van der Waals surface area contributed by atoms with Crippen molar-refractivity contribution in [1.82, 2.24) is 0 Å². The summed E-state index contributed by atoms with van der Waals surface area (Å²) >= 11 is 0. The van der Waals surface area contributed by atoms with Gasteiger partial charge in [-0.2, -0.15) is 0 Å². The number of nitrogens with zero attached hydrogens (tertiary/aromatic N) is 1. The van der Waals surface area contributed by atoms with E-state index in [1.807, 2.05) is 49.4 Å². The quantitative estimate of drug-likeness (QED) is 0.555. The van der Waals surface area contributed by atoms with Crippen molar-refractivity contribution in [1.29, 1.82) is 0 Å². The van der Waals surface area contributed by atoms with Crippen molar-refractivity contribution in [2.45, 2.75) is 64.0 Å². The molecule has 0 bridgehead atoms. The summed E-state index contributed by atoms with van der Waals surface area (Å²) in [6.45, 7) is 1.99. The number of benzene rings is 2. The third kappa shape index (κ3) is 5.64. The molecule has 192 valence electrons. The highest BCUT2D eigenvalue weighted by molar-refractivity contribution is 6.00. The molecule has 1 fully saturated rings. The Hall–Kier alpha value is -3.55. The van der Waals surface area contributed by atoms with Gasteiger partial charge in [0.25, 0.3) is 0 Å². The second kappa shape index (κ2) is 11.5. The fraction of sp³-hybridized carbons (Fsp3) is 0.464. The van der Waals surface area contributed by atoms with Gasteiger partial charge in [-0.25, -0.2) is 4.79 Å². The molecule has 2 N–H and O–H groups in total. The Morgan fingerprint density at radius 2 is 1.78 bits per heavy atom. The predicted molar refractivity (Wildman–Crippen MR) is 139 cm³/mol. The SMILES string of the molecule is COC(=O)[C@H]1CCC[C@H](Nc2ccc3c(c2NC(=O)Cc2ccccc2)CC[C@H](C)N3C(=O)OC)C1. The lowest BCUT2D eigenvalue weighted by Crippen LogP contribution is -2.42. The molecule has 8 nitrogen and oxygen atoms in total. The second-order valence-electron chi connectivity index (χ2n) is 9.65. The van der Waals surface area contributed by atoms with E-state index in [9.17, 15) is 14.4 Å². The van der Waals surface area contributed by atoms with Crippen molar-refractivity contribution in [2.75, 3.05) is 29.8 Å². The van der Waals surface area contributed by atoms with Gasteiger partial charge in [-0.05, 0) is 56.7 Å². The van der Waals surface area contributed by atoms with Crippen LogP contribution in [-0.4, -0.2) is 44.3 Å². The van der Waals surface area contributed by atoms with Gasteiger partial charge >= 0.3 is 12.1 Å². The fourth-order valence-corrected chi connectivity index (χ4v) is 5.36. The van der Waals surface area contributed by atoms with Crippen molar-refractivity contribution in [2.24, 2.45) is 5.92 Å². The average molecular weight is 494 g/mol. The van der Waals surface area contributed by atoms with Crippen LogP contribution in [0, 0.1) is 5.92 Å². The van der Waals surface area contributed by atoms with Crippen LogP contribution >= 0.6 is 0 Å². The maximum absolute atomic E-state index is 13.1. The van der Waals surface area contributed by atoms with Crippen LogP contribution in [0.5, 0.6) is 0 Å². The molecule has 2 aliphatic rings. The molecule has 8 heteroatoms. The molecule has 4 rings (SSSR count). The molecule has 2 aromatic carbocycles. The van der Waals surface area contributed by atoms with Crippen LogP contribution in [0.3, 0.4) is 0 Å². The van der Waals surface area contributed by atoms with E-state index in [1.54, 1.807) is 4.90 Å². The maximum atomic E-state index is 13.1. The second-order valence-corrected chi connectivity index (χ2v) is 9.65. The van der Waals surface area contributed by atoms with Crippen LogP contribution < -0.4 is 15.5 Å². The smallest absolute Gasteiger partial charge is 0.414 e. The van der Waals surface area contributed by atoms with E-state index in [0.717, 1.165) is 54.6 Å². The number of fused-ring (bicyclic) bond motifs is 1. The third-order valence-corrected chi connectivity index (χ3v) is 7.21. The van der Waals surface area contributed by atoms with Gasteiger partial charge in [0.2, 0.25) is 5.91 Å². The zero-order valence-electron chi connectivity index (χ0n) is 21.2. The first-order chi connectivity index (χ1) is 17.4. The minimum atomic E-state index is -0.418. The Morgan fingerprint density at radius 3 is 2.50 bits per heavy atom. The number of amides is 2. The molecular weight excluding hydrogens is 458 g/mol. The summed E-state index contributed by atoms with van der Waals surface area (Å²) in [6, 6.07) is 13.5. The largest absolute Gasteiger partial charge is 0.469 e. The van der Waals surface area contributed by atoms with Crippen LogP contribution in [0.1, 0.15) is 50.2 Å². The Morgan fingerprint density at radius 1 is 1.00 bits per heavy atom. The molecular formula is C28H35N3O5. The first-order valence-corrected chi connectivity index (χ1v) is 12.6. The zero-order chi connectivity index (χ0) is 25.7. The topological polar surface area (TPSA) is 97.0 Å². The van der Waals surface area contributed by atoms with E-state index in [4.69, 9.17) is 9.47 Å². The highest BCUT2D eigenvalue weighted by Crippen LogP contribution is 2.41. The number of hydrogen-bond donors (Lipinski definition) is 2. The Bertz CT molecular complexity index is 1100. The normalized spacial score (nSPS) is 21.2. The number of nitrogens with one attached hydrogen (secondary N) is 2. The van der Waals surface area contributed by atoms with Gasteiger partial charge in [-0.1, -0.05) is 36.8 Å². The molecule has 0 radical (unpaired) electrons. The summed E-state index contributed by atoms with van der Waals surface area (Å²) < 4.78 is 10.0. The molecule has 1 saturated carbocycles. The standard InChI is InChI=1S/C28H35N3O5/c1-18-12-13-22-24(31(18)28(34)36-3)15-14-23(29-21-11-7-10-20(17-21)27(33)35-2)26(22)30-25(32)16-19-8-5-4-6-9-19/h4-6,8-9,14-15,18,20-21,29H,7,10-13,16-17H2,1-3H3,(H,30,32)/t18-,20-,21-/m0/s1. The molecule has 36 heavy (non-hydrogen) atoms. The van der Waals surface area contributed by atoms with Crippen molar-refractivity contribution < 1.29 is 23.9 Å². The monoisotopic (exact) mass is 493 g/mol. The Labute approximate surface area is 212 Å². The molecule has 3 atom stereocenters. The summed E-state index contributed by atoms with van der Waals surface area (Å²) in [5.41, 5.74) is 4.06. The first-order valence-electron chi connectivity index (χ1n) is 12.6. The molecule has 0 spiro atoms. The van der Waals surface area contributed by atoms with Crippen molar-refractivity contribution >= 4 is 35.0 Å². The summed E-state index contributed by atoms with van der Waals surface area (Å²) in [5, 5.41) is 6.73. The Balaban J connectivity index is 1.65. The van der Waals surface area contributed by atoms with E-state index in [1.165, 1.54) is 14.2 Å². The molecule has 1 aliphatic heterocycles. The first kappa shape index (κ1) is 25.5. The van der Waals surface area contributed by atoms with Crippen LogP contribution in [0.2, 0.25) is 0 Å². The lowest BCUT2D eigenvalue weighted by atomic mass is 9.85. The van der Waals surface area contributed by atoms with E-state index < -0.39 is 6.09 Å². The fourth-order valence-electron chi connectivity index (χ4n) is 5.36. The maximum Gasteiger partial charge on any atom is 0.414 e. The van der Waals surface area contributed by atoms with Gasteiger partial charge in [0, 0.05) is 17.6 Å². The van der Waals surface area contributed by atoms with E-state index in [2.05, 4.69) is 10.6 Å². The molecule has 1 heterocycles. The molecule has 0 unspecified atom stereocenters. The number of ether oxygens (including phenoxy) is 2. The number of rotatable bonds is 6. The van der Waals surface area contributed by atoms with Crippen LogP contribution in [0.25, 0.3) is 0 Å². The van der Waals surface area contributed by atoms with Crippen molar-refractivity contribution in [3.8, 4) is 0 Å². The summed E-state index contributed by atoms with van der Waals surface area (Å²) in [7, 11) is 2.81. The summed E-state index contributed by atoms with van der Waals surface area (Å²) in [4.78, 5) is 39.5. The zero-order valence-corrected chi connectivity index (χ0v) is 21.2. The lowest BCUT2D eigenvalue weighted by Gasteiger charge is -2.36. The van der Waals surface area contributed by atoms with Crippen LogP contribution in [0.4, 0.5) is 21.9 Å². The summed E-state index contributed by atoms with van der Waals surface area (Å²) in [6.07, 6.45) is 4.64. The van der Waals surface area contributed by atoms with Gasteiger partial charge in [-0.15, -0.1) is 0 Å². The highest BCUT2D eigenvalue weighted by atomic mass is 16.5. The van der Waals surface area contributed by atoms with Crippen LogP contribution in [0.15, 0.2) is 42.5 Å². The van der Waals surface area contributed by atoms with Gasteiger partial charge in [0.05, 0.1) is 43.6 Å². The Kier molecular flexibility index (Phi) is 8.13. The molecule has 0 aromatic heterocycles. The van der Waals surface area contributed by atoms with E-state index >= 15 is 0 Å². The number of carbonyl (C=O) groups is 3. The van der Waals surface area contributed by atoms with Crippen molar-refractivity contribution in [3.05, 3.63) is 53.6 Å². The van der Waals surface area contributed by atoms with Gasteiger partial charge < -0.3 is 20.1 Å². The van der Waals surface area contributed by atoms with E-state index in [-0.39, 0.29) is 36.3 Å². The molecule has 2 aromatic rings. The average Bonchev–Trinajstić information content (AvgIpc) is 2.89. The van der Waals surface area contributed by atoms with Gasteiger partial charge in [0.1, 0.15) is 0 Å². The molecule has 1 aliphatic carbocycles. The molecule has 2 amide bonds. The number of methoxy groups -OCH3 is 2. The number of esters is 1.